The third kappa shape index (κ3) is 4.97. The average molecular weight is 353 g/mol. The van der Waals surface area contributed by atoms with Gasteiger partial charge in [0.15, 0.2) is 0 Å². The Balaban J connectivity index is 1.89. The van der Waals surface area contributed by atoms with E-state index in [1.807, 2.05) is 6.92 Å². The monoisotopic (exact) mass is 352 g/mol. The zero-order valence-electron chi connectivity index (χ0n) is 14.7. The Kier molecular flexibility index (Phi) is 6.27. The molecule has 24 heavy (non-hydrogen) atoms. The van der Waals surface area contributed by atoms with Crippen LogP contribution >= 0.6 is 0 Å². The molecular formula is C18H28N2O3S. The van der Waals surface area contributed by atoms with Crippen molar-refractivity contribution < 1.29 is 13.2 Å². The van der Waals surface area contributed by atoms with Crippen LogP contribution in [-0.2, 0) is 16.4 Å². The molecular weight excluding hydrogens is 324 g/mol. The van der Waals surface area contributed by atoms with Gasteiger partial charge in [-0.05, 0) is 61.6 Å². The highest BCUT2D eigenvalue weighted by molar-refractivity contribution is 7.90. The predicted octanol–water partition coefficient (Wildman–Crippen LogP) is 3.45. The van der Waals surface area contributed by atoms with Crippen molar-refractivity contribution in [1.82, 2.24) is 10.0 Å². The molecule has 1 fully saturated rings. The molecule has 1 aromatic carbocycles. The number of amides is 2. The zero-order valence-corrected chi connectivity index (χ0v) is 15.5. The van der Waals surface area contributed by atoms with E-state index in [-0.39, 0.29) is 10.9 Å². The number of benzene rings is 1. The van der Waals surface area contributed by atoms with E-state index in [4.69, 9.17) is 0 Å². The van der Waals surface area contributed by atoms with Crippen LogP contribution in [0.15, 0.2) is 29.2 Å². The first-order chi connectivity index (χ1) is 11.3. The lowest BCUT2D eigenvalue weighted by Gasteiger charge is -2.31. The number of rotatable bonds is 5. The van der Waals surface area contributed by atoms with E-state index in [0.29, 0.717) is 11.8 Å². The lowest BCUT2D eigenvalue weighted by Crippen LogP contribution is -2.45. The molecule has 134 valence electrons. The highest BCUT2D eigenvalue weighted by Gasteiger charge is 2.25. The summed E-state index contributed by atoms with van der Waals surface area (Å²) >= 11 is 0. The molecule has 0 aliphatic heterocycles. The molecule has 6 heteroatoms. The molecule has 2 amide bonds. The van der Waals surface area contributed by atoms with Crippen LogP contribution in [0.1, 0.15) is 52.0 Å². The number of aryl methyl sites for hydroxylation is 1. The van der Waals surface area contributed by atoms with Crippen molar-refractivity contribution in [2.75, 3.05) is 0 Å². The van der Waals surface area contributed by atoms with Gasteiger partial charge in [0.05, 0.1) is 4.90 Å². The van der Waals surface area contributed by atoms with Crippen LogP contribution in [-0.4, -0.2) is 20.5 Å². The SMILES string of the molecule is CCc1ccc(S(=O)(=O)NC(=O)NC2CCC(C(C)C)CC2)cc1. The van der Waals surface area contributed by atoms with Crippen molar-refractivity contribution >= 4 is 16.1 Å². The van der Waals surface area contributed by atoms with Crippen LogP contribution in [0.3, 0.4) is 0 Å². The van der Waals surface area contributed by atoms with E-state index < -0.39 is 16.1 Å². The summed E-state index contributed by atoms with van der Waals surface area (Å²) in [6.07, 6.45) is 4.80. The summed E-state index contributed by atoms with van der Waals surface area (Å²) in [7, 11) is -3.82. The Morgan fingerprint density at radius 2 is 1.71 bits per heavy atom. The predicted molar refractivity (Wildman–Crippen MR) is 95.3 cm³/mol. The van der Waals surface area contributed by atoms with Gasteiger partial charge in [0.25, 0.3) is 10.0 Å². The third-order valence-electron chi connectivity index (χ3n) is 4.92. The Bertz CT molecular complexity index is 645. The molecule has 0 heterocycles. The molecule has 1 saturated carbocycles. The van der Waals surface area contributed by atoms with E-state index in [0.717, 1.165) is 37.7 Å². The van der Waals surface area contributed by atoms with Gasteiger partial charge >= 0.3 is 6.03 Å². The van der Waals surface area contributed by atoms with E-state index in [1.165, 1.54) is 12.1 Å². The van der Waals surface area contributed by atoms with E-state index >= 15 is 0 Å². The summed E-state index contributed by atoms with van der Waals surface area (Å²) < 4.78 is 26.6. The van der Waals surface area contributed by atoms with Crippen LogP contribution in [0, 0.1) is 11.8 Å². The quantitative estimate of drug-likeness (QED) is 0.852. The van der Waals surface area contributed by atoms with E-state index in [9.17, 15) is 13.2 Å². The lowest BCUT2D eigenvalue weighted by molar-refractivity contribution is 0.219. The minimum atomic E-state index is -3.82. The summed E-state index contributed by atoms with van der Waals surface area (Å²) in [6, 6.07) is 6.00. The summed E-state index contributed by atoms with van der Waals surface area (Å²) in [5.41, 5.74) is 1.06. The lowest BCUT2D eigenvalue weighted by atomic mass is 9.80. The summed E-state index contributed by atoms with van der Waals surface area (Å²) in [6.45, 7) is 6.45. The summed E-state index contributed by atoms with van der Waals surface area (Å²) in [5.74, 6) is 1.36. The van der Waals surface area contributed by atoms with Gasteiger partial charge in [0.1, 0.15) is 0 Å². The van der Waals surface area contributed by atoms with E-state index in [2.05, 4.69) is 23.9 Å². The molecule has 5 nitrogen and oxygen atoms in total. The number of carbonyl (C=O) groups excluding carboxylic acids is 1. The largest absolute Gasteiger partial charge is 0.335 e. The highest BCUT2D eigenvalue weighted by Crippen LogP contribution is 2.29. The van der Waals surface area contributed by atoms with Crippen LogP contribution in [0.4, 0.5) is 4.79 Å². The van der Waals surface area contributed by atoms with Crippen molar-refractivity contribution in [2.45, 2.75) is 63.8 Å². The fraction of sp³-hybridized carbons (Fsp3) is 0.611. The van der Waals surface area contributed by atoms with Gasteiger partial charge < -0.3 is 5.32 Å². The molecule has 1 aliphatic rings. The molecule has 1 aliphatic carbocycles. The maximum Gasteiger partial charge on any atom is 0.328 e. The molecule has 0 bridgehead atoms. The first-order valence-electron chi connectivity index (χ1n) is 8.74. The van der Waals surface area contributed by atoms with Gasteiger partial charge in [-0.1, -0.05) is 32.9 Å². The number of sulfonamides is 1. The van der Waals surface area contributed by atoms with Crippen molar-refractivity contribution in [1.29, 1.82) is 0 Å². The van der Waals surface area contributed by atoms with Crippen LogP contribution in [0.2, 0.25) is 0 Å². The fourth-order valence-corrected chi connectivity index (χ4v) is 4.15. The molecule has 2 rings (SSSR count). The minimum absolute atomic E-state index is 0.0534. The number of hydrogen-bond acceptors (Lipinski definition) is 3. The van der Waals surface area contributed by atoms with Crippen molar-refractivity contribution in [3.8, 4) is 0 Å². The van der Waals surface area contributed by atoms with E-state index in [1.54, 1.807) is 12.1 Å². The standard InChI is InChI=1S/C18H28N2O3S/c1-4-14-5-11-17(12-6-14)24(22,23)20-18(21)19-16-9-7-15(8-10-16)13(2)3/h5-6,11-13,15-16H,4,7-10H2,1-3H3,(H2,19,20,21). The van der Waals surface area contributed by atoms with Gasteiger partial charge in [-0.25, -0.2) is 17.9 Å². The van der Waals surface area contributed by atoms with Crippen LogP contribution in [0.5, 0.6) is 0 Å². The van der Waals surface area contributed by atoms with Crippen molar-refractivity contribution in [2.24, 2.45) is 11.8 Å². The van der Waals surface area contributed by atoms with Gasteiger partial charge in [0.2, 0.25) is 0 Å². The third-order valence-corrected chi connectivity index (χ3v) is 6.27. The number of carbonyl (C=O) groups is 1. The average Bonchev–Trinajstić information content (AvgIpc) is 2.54. The molecule has 0 atom stereocenters. The van der Waals surface area contributed by atoms with Gasteiger partial charge in [-0.15, -0.1) is 0 Å². The van der Waals surface area contributed by atoms with Gasteiger partial charge in [0, 0.05) is 6.04 Å². The fourth-order valence-electron chi connectivity index (χ4n) is 3.23. The zero-order chi connectivity index (χ0) is 17.7. The Hall–Kier alpha value is -1.56. The maximum atomic E-state index is 12.3. The summed E-state index contributed by atoms with van der Waals surface area (Å²) in [5, 5.41) is 2.80. The van der Waals surface area contributed by atoms with Gasteiger partial charge in [-0.2, -0.15) is 0 Å². The van der Waals surface area contributed by atoms with Crippen LogP contribution < -0.4 is 10.0 Å². The number of nitrogens with one attached hydrogen (secondary N) is 2. The maximum absolute atomic E-state index is 12.3. The molecule has 2 N–H and O–H groups in total. The Morgan fingerprint density at radius 3 is 2.21 bits per heavy atom. The molecule has 1 aromatic rings. The normalized spacial score (nSPS) is 21.5. The minimum Gasteiger partial charge on any atom is -0.335 e. The highest BCUT2D eigenvalue weighted by atomic mass is 32.2. The molecule has 0 saturated heterocycles. The number of hydrogen-bond donors (Lipinski definition) is 2. The van der Waals surface area contributed by atoms with Crippen molar-refractivity contribution in [3.05, 3.63) is 29.8 Å². The molecule has 0 radical (unpaired) electrons. The Morgan fingerprint density at radius 1 is 1.12 bits per heavy atom. The second-order valence-electron chi connectivity index (χ2n) is 6.93. The Labute approximate surface area is 145 Å². The molecule has 0 spiro atoms. The molecule has 0 unspecified atom stereocenters. The van der Waals surface area contributed by atoms with Gasteiger partial charge in [-0.3, -0.25) is 0 Å². The first kappa shape index (κ1) is 18.8. The molecule has 0 aromatic heterocycles. The second-order valence-corrected chi connectivity index (χ2v) is 8.61. The summed E-state index contributed by atoms with van der Waals surface area (Å²) in [4.78, 5) is 12.1. The first-order valence-corrected chi connectivity index (χ1v) is 10.2. The number of urea groups is 1. The second kappa shape index (κ2) is 8.01. The van der Waals surface area contributed by atoms with Crippen molar-refractivity contribution in [3.63, 3.8) is 0 Å². The topological polar surface area (TPSA) is 75.3 Å². The van der Waals surface area contributed by atoms with Crippen LogP contribution in [0.25, 0.3) is 0 Å². The smallest absolute Gasteiger partial charge is 0.328 e.